The molecule has 1 heterocycles. The number of benzene rings is 1. The van der Waals surface area contributed by atoms with Crippen molar-refractivity contribution in [3.8, 4) is 0 Å². The van der Waals surface area contributed by atoms with Gasteiger partial charge in [-0.05, 0) is 38.0 Å². The number of H-pyrrole nitrogens is 1. The molecule has 0 fully saturated rings. The van der Waals surface area contributed by atoms with Crippen molar-refractivity contribution in [1.29, 1.82) is 0 Å². The van der Waals surface area contributed by atoms with E-state index >= 15 is 0 Å². The standard InChI is InChI=1S/C15H17NO2/c1-4-5-13(17)11-6-7-12-15(10(11)3)14(18)8-9(2)16-12/h6-8H,4-5H2,1-3H3,(H,16,18). The second kappa shape index (κ2) is 4.77. The Balaban J connectivity index is 2.72. The minimum atomic E-state index is -0.0232. The molecule has 0 amide bonds. The summed E-state index contributed by atoms with van der Waals surface area (Å²) in [5, 5.41) is 0.627. The van der Waals surface area contributed by atoms with Crippen LogP contribution in [0.25, 0.3) is 10.9 Å². The molecule has 0 radical (unpaired) electrons. The van der Waals surface area contributed by atoms with Crippen LogP contribution < -0.4 is 5.43 Å². The maximum Gasteiger partial charge on any atom is 0.189 e. The fourth-order valence-electron chi connectivity index (χ4n) is 2.31. The number of fused-ring (bicyclic) bond motifs is 1. The lowest BCUT2D eigenvalue weighted by molar-refractivity contribution is 0.0981. The predicted octanol–water partition coefficient (Wildman–Crippen LogP) is 3.13. The predicted molar refractivity (Wildman–Crippen MR) is 73.3 cm³/mol. The van der Waals surface area contributed by atoms with E-state index in [1.54, 1.807) is 6.07 Å². The Hall–Kier alpha value is -1.90. The van der Waals surface area contributed by atoms with E-state index in [0.717, 1.165) is 23.2 Å². The second-order valence-corrected chi connectivity index (χ2v) is 4.65. The molecule has 18 heavy (non-hydrogen) atoms. The Kier molecular flexibility index (Phi) is 3.32. The van der Waals surface area contributed by atoms with Crippen LogP contribution in [0.1, 0.15) is 41.4 Å². The number of rotatable bonds is 3. The highest BCUT2D eigenvalue weighted by Gasteiger charge is 2.12. The Morgan fingerprint density at radius 3 is 2.67 bits per heavy atom. The van der Waals surface area contributed by atoms with Gasteiger partial charge in [-0.15, -0.1) is 0 Å². The van der Waals surface area contributed by atoms with Crippen molar-refractivity contribution in [2.75, 3.05) is 0 Å². The number of aromatic amines is 1. The average Bonchev–Trinajstić information content (AvgIpc) is 2.28. The third-order valence-corrected chi connectivity index (χ3v) is 3.17. The van der Waals surface area contributed by atoms with Crippen LogP contribution in [0.5, 0.6) is 0 Å². The molecule has 0 spiro atoms. The van der Waals surface area contributed by atoms with Crippen LogP contribution in [0.2, 0.25) is 0 Å². The SMILES string of the molecule is CCCC(=O)c1ccc2[nH]c(C)cc(=O)c2c1C. The Morgan fingerprint density at radius 2 is 2.00 bits per heavy atom. The van der Waals surface area contributed by atoms with Gasteiger partial charge in [0.15, 0.2) is 11.2 Å². The molecule has 2 aromatic rings. The van der Waals surface area contributed by atoms with Gasteiger partial charge in [0.1, 0.15) is 0 Å². The molecular weight excluding hydrogens is 226 g/mol. The van der Waals surface area contributed by atoms with E-state index in [-0.39, 0.29) is 11.2 Å². The smallest absolute Gasteiger partial charge is 0.189 e. The summed E-state index contributed by atoms with van der Waals surface area (Å²) < 4.78 is 0. The molecule has 0 unspecified atom stereocenters. The number of ketones is 1. The van der Waals surface area contributed by atoms with E-state index in [0.29, 0.717) is 17.4 Å². The Labute approximate surface area is 106 Å². The second-order valence-electron chi connectivity index (χ2n) is 4.65. The molecule has 3 nitrogen and oxygen atoms in total. The molecule has 1 N–H and O–H groups in total. The largest absolute Gasteiger partial charge is 0.358 e. The summed E-state index contributed by atoms with van der Waals surface area (Å²) in [7, 11) is 0. The van der Waals surface area contributed by atoms with E-state index < -0.39 is 0 Å². The third-order valence-electron chi connectivity index (χ3n) is 3.17. The zero-order chi connectivity index (χ0) is 13.3. The Morgan fingerprint density at radius 1 is 1.28 bits per heavy atom. The van der Waals surface area contributed by atoms with Crippen LogP contribution in [-0.2, 0) is 0 Å². The molecule has 0 atom stereocenters. The van der Waals surface area contributed by atoms with Crippen molar-refractivity contribution in [2.45, 2.75) is 33.6 Å². The van der Waals surface area contributed by atoms with Gasteiger partial charge in [0, 0.05) is 34.6 Å². The lowest BCUT2D eigenvalue weighted by Crippen LogP contribution is -2.09. The van der Waals surface area contributed by atoms with Crippen LogP contribution in [-0.4, -0.2) is 10.8 Å². The zero-order valence-electron chi connectivity index (χ0n) is 11.0. The summed E-state index contributed by atoms with van der Waals surface area (Å²) in [6.07, 6.45) is 1.34. The number of Topliss-reactive ketones (excluding diaryl/α,β-unsaturated/α-hetero) is 1. The first-order valence-electron chi connectivity index (χ1n) is 6.21. The molecule has 0 saturated heterocycles. The summed E-state index contributed by atoms with van der Waals surface area (Å²) in [5.74, 6) is 0.108. The lowest BCUT2D eigenvalue weighted by Gasteiger charge is -2.08. The summed E-state index contributed by atoms with van der Waals surface area (Å²) in [5.41, 5.74) is 3.06. The fourth-order valence-corrected chi connectivity index (χ4v) is 2.31. The highest BCUT2D eigenvalue weighted by Crippen LogP contribution is 2.19. The van der Waals surface area contributed by atoms with E-state index in [1.807, 2.05) is 32.9 Å². The molecule has 1 aromatic carbocycles. The van der Waals surface area contributed by atoms with Crippen LogP contribution in [0, 0.1) is 13.8 Å². The monoisotopic (exact) mass is 243 g/mol. The number of nitrogens with one attached hydrogen (secondary N) is 1. The normalized spacial score (nSPS) is 10.8. The molecule has 0 aliphatic rings. The summed E-state index contributed by atoms with van der Waals surface area (Å²) in [4.78, 5) is 27.2. The van der Waals surface area contributed by atoms with Gasteiger partial charge in [0.05, 0.1) is 0 Å². The number of carbonyl (C=O) groups is 1. The quantitative estimate of drug-likeness (QED) is 0.842. The highest BCUT2D eigenvalue weighted by atomic mass is 16.1. The van der Waals surface area contributed by atoms with Crippen molar-refractivity contribution in [3.63, 3.8) is 0 Å². The van der Waals surface area contributed by atoms with Crippen molar-refractivity contribution >= 4 is 16.7 Å². The Bertz CT molecular complexity index is 668. The van der Waals surface area contributed by atoms with E-state index in [2.05, 4.69) is 4.98 Å². The van der Waals surface area contributed by atoms with Gasteiger partial charge in [-0.1, -0.05) is 6.92 Å². The van der Waals surface area contributed by atoms with Crippen LogP contribution in [0.15, 0.2) is 23.0 Å². The summed E-state index contributed by atoms with van der Waals surface area (Å²) in [6, 6.07) is 5.20. The first-order valence-corrected chi connectivity index (χ1v) is 6.21. The molecule has 0 aliphatic heterocycles. The number of aryl methyl sites for hydroxylation is 2. The molecule has 1 aromatic heterocycles. The van der Waals surface area contributed by atoms with Crippen molar-refractivity contribution in [2.24, 2.45) is 0 Å². The van der Waals surface area contributed by atoms with Gasteiger partial charge in [-0.25, -0.2) is 0 Å². The van der Waals surface area contributed by atoms with E-state index in [1.165, 1.54) is 0 Å². The number of hydrogen-bond donors (Lipinski definition) is 1. The average molecular weight is 243 g/mol. The number of carbonyl (C=O) groups excluding carboxylic acids is 1. The minimum absolute atomic E-state index is 0.0232. The van der Waals surface area contributed by atoms with Crippen molar-refractivity contribution < 1.29 is 4.79 Å². The van der Waals surface area contributed by atoms with Crippen molar-refractivity contribution in [1.82, 2.24) is 4.98 Å². The summed E-state index contributed by atoms with van der Waals surface area (Å²) in [6.45, 7) is 5.67. The lowest BCUT2D eigenvalue weighted by atomic mass is 9.97. The summed E-state index contributed by atoms with van der Waals surface area (Å²) >= 11 is 0. The molecule has 0 aliphatic carbocycles. The first kappa shape index (κ1) is 12.6. The minimum Gasteiger partial charge on any atom is -0.358 e. The molecule has 94 valence electrons. The third kappa shape index (κ3) is 2.08. The maximum absolute atomic E-state index is 12.0. The van der Waals surface area contributed by atoms with Gasteiger partial charge in [-0.2, -0.15) is 0 Å². The maximum atomic E-state index is 12.0. The van der Waals surface area contributed by atoms with Gasteiger partial charge in [-0.3, -0.25) is 9.59 Å². The van der Waals surface area contributed by atoms with Gasteiger partial charge < -0.3 is 4.98 Å². The first-order chi connectivity index (χ1) is 8.54. The molecule has 3 heteroatoms. The van der Waals surface area contributed by atoms with Crippen molar-refractivity contribution in [3.05, 3.63) is 45.2 Å². The van der Waals surface area contributed by atoms with Crippen LogP contribution in [0.4, 0.5) is 0 Å². The molecule has 2 rings (SSSR count). The fraction of sp³-hybridized carbons (Fsp3) is 0.333. The topological polar surface area (TPSA) is 49.9 Å². The van der Waals surface area contributed by atoms with Crippen LogP contribution in [0.3, 0.4) is 0 Å². The number of aromatic nitrogens is 1. The number of pyridine rings is 1. The van der Waals surface area contributed by atoms with Gasteiger partial charge in [0.25, 0.3) is 0 Å². The van der Waals surface area contributed by atoms with Gasteiger partial charge in [0.2, 0.25) is 0 Å². The van der Waals surface area contributed by atoms with E-state index in [9.17, 15) is 9.59 Å². The van der Waals surface area contributed by atoms with Gasteiger partial charge >= 0.3 is 0 Å². The molecule has 0 saturated carbocycles. The molecular formula is C15H17NO2. The van der Waals surface area contributed by atoms with Crippen LogP contribution >= 0.6 is 0 Å². The highest BCUT2D eigenvalue weighted by molar-refractivity contribution is 6.01. The zero-order valence-corrected chi connectivity index (χ0v) is 11.0. The number of hydrogen-bond acceptors (Lipinski definition) is 2. The van der Waals surface area contributed by atoms with E-state index in [4.69, 9.17) is 0 Å². The molecule has 0 bridgehead atoms.